The minimum atomic E-state index is -0.523. The fraction of sp³-hybridized carbons (Fsp3) is 0.250. The molecule has 2 aromatic heterocycles. The van der Waals surface area contributed by atoms with E-state index in [1.165, 1.54) is 26.6 Å². The largest absolute Gasteiger partial charge is 0.493 e. The van der Waals surface area contributed by atoms with Crippen molar-refractivity contribution in [3.63, 3.8) is 0 Å². The molecule has 8 heteroatoms. The lowest BCUT2D eigenvalue weighted by atomic mass is 10.3. The predicted octanol–water partition coefficient (Wildman–Crippen LogP) is 0.760. The van der Waals surface area contributed by atoms with Crippen molar-refractivity contribution in [2.24, 2.45) is 0 Å². The van der Waals surface area contributed by atoms with Gasteiger partial charge in [-0.15, -0.1) is 0 Å². The van der Waals surface area contributed by atoms with E-state index < -0.39 is 11.2 Å². The third-order valence-corrected chi connectivity index (χ3v) is 3.26. The van der Waals surface area contributed by atoms with E-state index >= 15 is 0 Å². The second-order valence-electron chi connectivity index (χ2n) is 3.83. The van der Waals surface area contributed by atoms with Crippen LogP contribution in [0, 0.1) is 0 Å². The summed E-state index contributed by atoms with van der Waals surface area (Å²) in [6.07, 6.45) is 2.82. The Morgan fingerprint density at radius 3 is 2.75 bits per heavy atom. The lowest BCUT2D eigenvalue weighted by Crippen LogP contribution is -2.35. The van der Waals surface area contributed by atoms with Crippen LogP contribution in [0.2, 0.25) is 0 Å². The molecule has 0 atom stereocenters. The Morgan fingerprint density at radius 1 is 1.35 bits per heavy atom. The molecule has 0 saturated carbocycles. The van der Waals surface area contributed by atoms with Gasteiger partial charge in [-0.3, -0.25) is 14.3 Å². The number of methoxy groups -OCH3 is 2. The maximum Gasteiger partial charge on any atom is 0.328 e. The number of aromatic nitrogens is 3. The van der Waals surface area contributed by atoms with Crippen LogP contribution in [-0.2, 0) is 6.54 Å². The lowest BCUT2D eigenvalue weighted by Gasteiger charge is -2.12. The van der Waals surface area contributed by atoms with Crippen molar-refractivity contribution in [3.8, 4) is 11.5 Å². The Hall–Kier alpha value is -2.09. The number of nitrogens with zero attached hydrogens (tertiary/aromatic N) is 2. The highest BCUT2D eigenvalue weighted by molar-refractivity contribution is 9.10. The van der Waals surface area contributed by atoms with Gasteiger partial charge in [0.25, 0.3) is 5.56 Å². The van der Waals surface area contributed by atoms with Crippen LogP contribution >= 0.6 is 15.9 Å². The Labute approximate surface area is 122 Å². The van der Waals surface area contributed by atoms with E-state index in [0.717, 1.165) is 4.57 Å². The third kappa shape index (κ3) is 2.60. The maximum absolute atomic E-state index is 11.9. The molecular weight excluding hydrogens is 330 g/mol. The van der Waals surface area contributed by atoms with Crippen LogP contribution in [0.4, 0.5) is 0 Å². The third-order valence-electron chi connectivity index (χ3n) is 2.69. The molecular formula is C12H12BrN3O4. The van der Waals surface area contributed by atoms with E-state index in [0.29, 0.717) is 17.2 Å². The van der Waals surface area contributed by atoms with Gasteiger partial charge in [-0.2, -0.15) is 0 Å². The average Bonchev–Trinajstić information content (AvgIpc) is 2.47. The fourth-order valence-corrected chi connectivity index (χ4v) is 2.07. The summed E-state index contributed by atoms with van der Waals surface area (Å²) in [7, 11) is 2.97. The normalized spacial score (nSPS) is 10.3. The first-order valence-electron chi connectivity index (χ1n) is 5.62. The molecule has 0 bridgehead atoms. The second kappa shape index (κ2) is 5.91. The van der Waals surface area contributed by atoms with Gasteiger partial charge in [-0.05, 0) is 15.9 Å². The van der Waals surface area contributed by atoms with E-state index in [9.17, 15) is 9.59 Å². The van der Waals surface area contributed by atoms with Crippen molar-refractivity contribution in [2.75, 3.05) is 14.2 Å². The van der Waals surface area contributed by atoms with Gasteiger partial charge in [0.05, 0.1) is 25.2 Å². The Balaban J connectivity index is 2.54. The smallest absolute Gasteiger partial charge is 0.328 e. The summed E-state index contributed by atoms with van der Waals surface area (Å²) in [4.78, 5) is 30.3. The van der Waals surface area contributed by atoms with Gasteiger partial charge in [0.2, 0.25) is 0 Å². The SMILES string of the molecule is COc1ccnc(Cn2c(=O)[nH]cc(Br)c2=O)c1OC. The Morgan fingerprint density at radius 2 is 2.10 bits per heavy atom. The van der Waals surface area contributed by atoms with Crippen LogP contribution in [0.3, 0.4) is 0 Å². The molecule has 0 aliphatic carbocycles. The van der Waals surface area contributed by atoms with Gasteiger partial charge >= 0.3 is 5.69 Å². The summed E-state index contributed by atoms with van der Waals surface area (Å²) in [5, 5.41) is 0. The molecule has 2 aromatic rings. The molecule has 2 rings (SSSR count). The summed E-state index contributed by atoms with van der Waals surface area (Å²) >= 11 is 3.08. The number of ether oxygens (including phenoxy) is 2. The molecule has 0 saturated heterocycles. The Bertz CT molecular complexity index is 738. The standard InChI is InChI=1S/C12H12BrN3O4/c1-19-9-3-4-14-8(10(9)20-2)6-16-11(17)7(13)5-15-12(16)18/h3-5H,6H2,1-2H3,(H,15,18). The molecule has 20 heavy (non-hydrogen) atoms. The summed E-state index contributed by atoms with van der Waals surface area (Å²) in [6.45, 7) is -0.0199. The topological polar surface area (TPSA) is 86.2 Å². The number of pyridine rings is 1. The van der Waals surface area contributed by atoms with Gasteiger partial charge in [0, 0.05) is 18.5 Å². The molecule has 0 aromatic carbocycles. The van der Waals surface area contributed by atoms with Crippen molar-refractivity contribution in [3.05, 3.63) is 49.5 Å². The summed E-state index contributed by atoms with van der Waals surface area (Å²) in [6, 6.07) is 1.64. The molecule has 0 spiro atoms. The van der Waals surface area contributed by atoms with Gasteiger partial charge in [0.15, 0.2) is 11.5 Å². The number of nitrogens with one attached hydrogen (secondary N) is 1. The first-order valence-corrected chi connectivity index (χ1v) is 6.41. The number of halogens is 1. The molecule has 0 fully saturated rings. The van der Waals surface area contributed by atoms with Crippen molar-refractivity contribution in [2.45, 2.75) is 6.54 Å². The van der Waals surface area contributed by atoms with Gasteiger partial charge in [-0.1, -0.05) is 0 Å². The summed E-state index contributed by atoms with van der Waals surface area (Å²) in [5.41, 5.74) is -0.539. The monoisotopic (exact) mass is 341 g/mol. The second-order valence-corrected chi connectivity index (χ2v) is 4.68. The van der Waals surface area contributed by atoms with Crippen LogP contribution in [-0.4, -0.2) is 28.8 Å². The van der Waals surface area contributed by atoms with Crippen molar-refractivity contribution in [1.29, 1.82) is 0 Å². The zero-order valence-electron chi connectivity index (χ0n) is 10.8. The first kappa shape index (κ1) is 14.3. The number of rotatable bonds is 4. The number of hydrogen-bond donors (Lipinski definition) is 1. The maximum atomic E-state index is 11.9. The van der Waals surface area contributed by atoms with Crippen molar-refractivity contribution >= 4 is 15.9 Å². The van der Waals surface area contributed by atoms with E-state index in [4.69, 9.17) is 9.47 Å². The fourth-order valence-electron chi connectivity index (χ4n) is 1.74. The van der Waals surface area contributed by atoms with E-state index in [2.05, 4.69) is 25.9 Å². The van der Waals surface area contributed by atoms with Crippen LogP contribution in [0.1, 0.15) is 5.69 Å². The molecule has 0 aliphatic heterocycles. The van der Waals surface area contributed by atoms with E-state index in [-0.39, 0.29) is 11.0 Å². The van der Waals surface area contributed by atoms with Gasteiger partial charge < -0.3 is 14.5 Å². The number of aromatic amines is 1. The first-order chi connectivity index (χ1) is 9.58. The molecule has 0 aliphatic rings. The molecule has 0 amide bonds. The van der Waals surface area contributed by atoms with Crippen LogP contribution in [0.25, 0.3) is 0 Å². The minimum Gasteiger partial charge on any atom is -0.493 e. The number of H-pyrrole nitrogens is 1. The van der Waals surface area contributed by atoms with Crippen molar-refractivity contribution in [1.82, 2.24) is 14.5 Å². The lowest BCUT2D eigenvalue weighted by molar-refractivity contribution is 0.348. The zero-order valence-corrected chi connectivity index (χ0v) is 12.4. The predicted molar refractivity (Wildman–Crippen MR) is 75.5 cm³/mol. The van der Waals surface area contributed by atoms with E-state index in [1.807, 2.05) is 0 Å². The highest BCUT2D eigenvalue weighted by atomic mass is 79.9. The summed E-state index contributed by atoms with van der Waals surface area (Å²) < 4.78 is 11.7. The molecule has 1 N–H and O–H groups in total. The molecule has 0 unspecified atom stereocenters. The van der Waals surface area contributed by atoms with E-state index in [1.54, 1.807) is 6.07 Å². The molecule has 0 radical (unpaired) electrons. The average molecular weight is 342 g/mol. The van der Waals surface area contributed by atoms with Crippen molar-refractivity contribution < 1.29 is 9.47 Å². The number of hydrogen-bond acceptors (Lipinski definition) is 5. The Kier molecular flexibility index (Phi) is 4.23. The van der Waals surface area contributed by atoms with Gasteiger partial charge in [-0.25, -0.2) is 4.79 Å². The van der Waals surface area contributed by atoms with Crippen LogP contribution in [0.5, 0.6) is 11.5 Å². The molecule has 7 nitrogen and oxygen atoms in total. The van der Waals surface area contributed by atoms with Crippen LogP contribution in [0.15, 0.2) is 32.5 Å². The van der Waals surface area contributed by atoms with Crippen LogP contribution < -0.4 is 20.7 Å². The summed E-state index contributed by atoms with van der Waals surface area (Å²) in [5.74, 6) is 0.873. The highest BCUT2D eigenvalue weighted by Gasteiger charge is 2.14. The molecule has 106 valence electrons. The minimum absolute atomic E-state index is 0.0199. The quantitative estimate of drug-likeness (QED) is 0.887. The zero-order chi connectivity index (χ0) is 14.7. The molecule has 2 heterocycles. The van der Waals surface area contributed by atoms with Gasteiger partial charge in [0.1, 0.15) is 5.69 Å². The highest BCUT2D eigenvalue weighted by Crippen LogP contribution is 2.29.